The smallest absolute Gasteiger partial charge is 0.355 e. The van der Waals surface area contributed by atoms with Crippen LogP contribution < -0.4 is 0 Å². The SMILES string of the molecule is C[C@@H]1CC[C@@]2(O)[C@@]13C[C@@H](OC(=O)[C@@H]3O)[C@@]1(OC(=O)Cc3ccc(F)cc3)C(=O)OC[C@@]21C. The number of hydrogen-bond acceptors (Lipinski definition) is 8. The van der Waals surface area contributed by atoms with Gasteiger partial charge in [0.05, 0.1) is 17.4 Å². The molecule has 1 aromatic carbocycles. The minimum absolute atomic E-state index is 0.0356. The zero-order chi connectivity index (χ0) is 23.1. The Morgan fingerprint density at radius 2 is 1.97 bits per heavy atom. The van der Waals surface area contributed by atoms with Gasteiger partial charge in [-0.3, -0.25) is 4.79 Å². The summed E-state index contributed by atoms with van der Waals surface area (Å²) < 4.78 is 29.8. The normalized spacial score (nSPS) is 44.3. The summed E-state index contributed by atoms with van der Waals surface area (Å²) in [6, 6.07) is 5.26. The van der Waals surface area contributed by atoms with Crippen LogP contribution in [-0.4, -0.2) is 58.1 Å². The van der Waals surface area contributed by atoms with E-state index in [1.54, 1.807) is 6.92 Å². The maximum absolute atomic E-state index is 13.2. The first-order chi connectivity index (χ1) is 15.0. The number of carbonyl (C=O) groups excluding carboxylic acids is 3. The maximum atomic E-state index is 13.2. The minimum Gasteiger partial charge on any atom is -0.462 e. The Morgan fingerprint density at radius 3 is 2.66 bits per heavy atom. The highest BCUT2D eigenvalue weighted by molar-refractivity contribution is 5.90. The molecule has 9 heteroatoms. The van der Waals surface area contributed by atoms with Crippen LogP contribution in [0.3, 0.4) is 0 Å². The minimum atomic E-state index is -2.05. The maximum Gasteiger partial charge on any atom is 0.355 e. The van der Waals surface area contributed by atoms with Crippen molar-refractivity contribution in [3.8, 4) is 0 Å². The highest BCUT2D eigenvalue weighted by Gasteiger charge is 2.87. The lowest BCUT2D eigenvalue weighted by Crippen LogP contribution is -2.81. The first-order valence-electron chi connectivity index (χ1n) is 10.8. The van der Waals surface area contributed by atoms with Crippen molar-refractivity contribution in [2.24, 2.45) is 16.7 Å². The molecule has 0 unspecified atom stereocenters. The third-order valence-corrected chi connectivity index (χ3v) is 8.60. The molecule has 2 N–H and O–H groups in total. The van der Waals surface area contributed by atoms with E-state index in [1.165, 1.54) is 24.3 Å². The van der Waals surface area contributed by atoms with Gasteiger partial charge in [-0.15, -0.1) is 0 Å². The van der Waals surface area contributed by atoms with Crippen LogP contribution in [0.15, 0.2) is 24.3 Å². The van der Waals surface area contributed by atoms with E-state index in [0.717, 1.165) is 0 Å². The van der Waals surface area contributed by atoms with Crippen LogP contribution in [0.25, 0.3) is 0 Å². The fraction of sp³-hybridized carbons (Fsp3) is 0.609. The zero-order valence-electron chi connectivity index (χ0n) is 17.8. The number of aliphatic hydroxyl groups is 2. The van der Waals surface area contributed by atoms with E-state index in [-0.39, 0.29) is 31.8 Å². The summed E-state index contributed by atoms with van der Waals surface area (Å²) in [5, 5.41) is 23.0. The molecule has 4 aliphatic rings. The van der Waals surface area contributed by atoms with Crippen LogP contribution in [0.1, 0.15) is 38.7 Å². The van der Waals surface area contributed by atoms with Gasteiger partial charge in [0.2, 0.25) is 0 Å². The molecule has 2 bridgehead atoms. The van der Waals surface area contributed by atoms with Crippen molar-refractivity contribution in [1.29, 1.82) is 0 Å². The molecule has 7 atom stereocenters. The number of aliphatic hydroxyl groups excluding tert-OH is 1. The summed E-state index contributed by atoms with van der Waals surface area (Å²) in [6.07, 6.45) is -2.36. The predicted molar refractivity (Wildman–Crippen MR) is 104 cm³/mol. The molecule has 5 rings (SSSR count). The van der Waals surface area contributed by atoms with Gasteiger partial charge in [0, 0.05) is 11.8 Å². The second kappa shape index (κ2) is 6.51. The van der Waals surface area contributed by atoms with E-state index >= 15 is 0 Å². The van der Waals surface area contributed by atoms with E-state index in [1.807, 2.05) is 6.92 Å². The fourth-order valence-corrected chi connectivity index (χ4v) is 6.85. The Labute approximate surface area is 183 Å². The quantitative estimate of drug-likeness (QED) is 0.520. The molecule has 2 heterocycles. The van der Waals surface area contributed by atoms with Crippen LogP contribution in [0.5, 0.6) is 0 Å². The summed E-state index contributed by atoms with van der Waals surface area (Å²) in [4.78, 5) is 38.8. The van der Waals surface area contributed by atoms with E-state index < -0.39 is 58.0 Å². The Bertz CT molecular complexity index is 1010. The largest absolute Gasteiger partial charge is 0.462 e. The van der Waals surface area contributed by atoms with Crippen LogP contribution in [0.4, 0.5) is 4.39 Å². The third kappa shape index (κ3) is 2.25. The molecule has 2 saturated carbocycles. The van der Waals surface area contributed by atoms with E-state index in [9.17, 15) is 29.0 Å². The molecule has 1 spiro atoms. The van der Waals surface area contributed by atoms with E-state index in [2.05, 4.69) is 0 Å². The Kier molecular flexibility index (Phi) is 4.34. The number of hydrogen-bond donors (Lipinski definition) is 2. The Hall–Kier alpha value is -2.52. The van der Waals surface area contributed by atoms with Crippen LogP contribution in [0.2, 0.25) is 0 Å². The Morgan fingerprint density at radius 1 is 1.28 bits per heavy atom. The van der Waals surface area contributed by atoms with Gasteiger partial charge in [-0.25, -0.2) is 14.0 Å². The molecular weight excluding hydrogens is 423 g/mol. The van der Waals surface area contributed by atoms with Gasteiger partial charge < -0.3 is 24.4 Å². The van der Waals surface area contributed by atoms with Crippen molar-refractivity contribution >= 4 is 17.9 Å². The number of esters is 3. The van der Waals surface area contributed by atoms with Gasteiger partial charge in [0.25, 0.3) is 5.60 Å². The molecule has 4 fully saturated rings. The number of halogens is 1. The summed E-state index contributed by atoms with van der Waals surface area (Å²) in [7, 11) is 0. The van der Waals surface area contributed by atoms with Gasteiger partial charge in [0.1, 0.15) is 12.4 Å². The fourth-order valence-electron chi connectivity index (χ4n) is 6.85. The second-order valence-electron chi connectivity index (χ2n) is 9.79. The van der Waals surface area contributed by atoms with Gasteiger partial charge in [0.15, 0.2) is 12.2 Å². The molecule has 172 valence electrons. The highest BCUT2D eigenvalue weighted by Crippen LogP contribution is 2.72. The molecule has 8 nitrogen and oxygen atoms in total. The lowest BCUT2D eigenvalue weighted by molar-refractivity contribution is -0.322. The van der Waals surface area contributed by atoms with Gasteiger partial charge in [-0.05, 0) is 43.4 Å². The molecule has 1 aromatic rings. The van der Waals surface area contributed by atoms with Crippen molar-refractivity contribution in [2.45, 2.75) is 62.9 Å². The molecule has 32 heavy (non-hydrogen) atoms. The molecule has 0 amide bonds. The lowest BCUT2D eigenvalue weighted by atomic mass is 9.44. The number of fused-ring (bicyclic) bond motifs is 4. The number of carbonyl (C=O) groups is 3. The van der Waals surface area contributed by atoms with Crippen LogP contribution >= 0.6 is 0 Å². The first-order valence-corrected chi connectivity index (χ1v) is 10.8. The third-order valence-electron chi connectivity index (χ3n) is 8.60. The van der Waals surface area contributed by atoms with Crippen molar-refractivity contribution in [3.63, 3.8) is 0 Å². The summed E-state index contributed by atoms with van der Waals surface area (Å²) in [5.41, 5.74) is -6.00. The second-order valence-corrected chi connectivity index (χ2v) is 9.79. The number of benzene rings is 1. The molecule has 0 aromatic heterocycles. The van der Waals surface area contributed by atoms with E-state index in [0.29, 0.717) is 12.0 Å². The molecule has 2 aliphatic heterocycles. The number of ether oxygens (including phenoxy) is 3. The molecule has 2 saturated heterocycles. The van der Waals surface area contributed by atoms with Crippen LogP contribution in [-0.2, 0) is 35.0 Å². The van der Waals surface area contributed by atoms with E-state index in [4.69, 9.17) is 14.2 Å². The standard InChI is InChI=1S/C23H25FO8/c1-12-7-8-22(29)20(2)11-30-19(28)23(20,15-10-21(12,22)17(26)18(27)31-15)32-16(25)9-13-3-5-14(24)6-4-13/h3-6,12,15,17,26,29H,7-11H2,1-2H3/t12-,15-,17+,20+,21+,22+,23-/m1/s1. The van der Waals surface area contributed by atoms with Crippen molar-refractivity contribution < 1.29 is 43.2 Å². The molecule has 2 aliphatic carbocycles. The summed E-state index contributed by atoms with van der Waals surface area (Å²) in [5.74, 6) is -3.34. The van der Waals surface area contributed by atoms with Gasteiger partial charge in [-0.1, -0.05) is 19.1 Å². The van der Waals surface area contributed by atoms with Gasteiger partial charge in [-0.2, -0.15) is 0 Å². The topological polar surface area (TPSA) is 119 Å². The lowest BCUT2D eigenvalue weighted by Gasteiger charge is -2.64. The predicted octanol–water partition coefficient (Wildman–Crippen LogP) is 1.05. The Balaban J connectivity index is 1.59. The molecule has 0 radical (unpaired) electrons. The summed E-state index contributed by atoms with van der Waals surface area (Å²) >= 11 is 0. The highest BCUT2D eigenvalue weighted by atomic mass is 19.1. The number of rotatable bonds is 3. The van der Waals surface area contributed by atoms with Crippen molar-refractivity contribution in [3.05, 3.63) is 35.6 Å². The zero-order valence-corrected chi connectivity index (χ0v) is 17.8. The monoisotopic (exact) mass is 448 g/mol. The molecular formula is C23H25FO8. The summed E-state index contributed by atoms with van der Waals surface area (Å²) in [6.45, 7) is 3.20. The number of cyclic esters (lactones) is 1. The van der Waals surface area contributed by atoms with Crippen molar-refractivity contribution in [2.75, 3.05) is 6.61 Å². The average molecular weight is 448 g/mol. The van der Waals surface area contributed by atoms with Crippen LogP contribution in [0, 0.1) is 22.6 Å². The van der Waals surface area contributed by atoms with Gasteiger partial charge >= 0.3 is 17.9 Å². The average Bonchev–Trinajstić information content (AvgIpc) is 3.16. The first kappa shape index (κ1) is 21.3. The van der Waals surface area contributed by atoms with Crippen molar-refractivity contribution in [1.82, 2.24) is 0 Å².